The SMILES string of the molecule is C=CCC(NC(=O)OC(C)(C)C)C1CCCCC1. The van der Waals surface area contributed by atoms with E-state index in [1.807, 2.05) is 26.8 Å². The Labute approximate surface area is 111 Å². The van der Waals surface area contributed by atoms with E-state index in [4.69, 9.17) is 4.74 Å². The highest BCUT2D eigenvalue weighted by Gasteiger charge is 2.26. The zero-order valence-electron chi connectivity index (χ0n) is 12.0. The highest BCUT2D eigenvalue weighted by molar-refractivity contribution is 5.68. The van der Waals surface area contributed by atoms with E-state index < -0.39 is 5.60 Å². The van der Waals surface area contributed by atoms with E-state index in [0.29, 0.717) is 5.92 Å². The van der Waals surface area contributed by atoms with Crippen molar-refractivity contribution in [2.24, 2.45) is 5.92 Å². The lowest BCUT2D eigenvalue weighted by Crippen LogP contribution is -2.43. The molecule has 1 atom stereocenters. The van der Waals surface area contributed by atoms with E-state index in [2.05, 4.69) is 11.9 Å². The van der Waals surface area contributed by atoms with Gasteiger partial charge in [-0.2, -0.15) is 0 Å². The van der Waals surface area contributed by atoms with Crippen molar-refractivity contribution in [3.63, 3.8) is 0 Å². The molecule has 1 saturated carbocycles. The largest absolute Gasteiger partial charge is 0.444 e. The number of rotatable bonds is 4. The fraction of sp³-hybridized carbons (Fsp3) is 0.800. The summed E-state index contributed by atoms with van der Waals surface area (Å²) in [5.74, 6) is 0.573. The van der Waals surface area contributed by atoms with Crippen LogP contribution < -0.4 is 5.32 Å². The van der Waals surface area contributed by atoms with Gasteiger partial charge in [0.1, 0.15) is 5.60 Å². The maximum Gasteiger partial charge on any atom is 0.407 e. The normalized spacial score (nSPS) is 19.1. The Bertz CT molecular complexity index is 275. The third-order valence-electron chi connectivity index (χ3n) is 3.34. The first-order chi connectivity index (χ1) is 8.42. The topological polar surface area (TPSA) is 38.3 Å². The Hall–Kier alpha value is -0.990. The Morgan fingerprint density at radius 1 is 1.39 bits per heavy atom. The second-order valence-electron chi connectivity index (χ2n) is 6.18. The minimum absolute atomic E-state index is 0.178. The number of nitrogens with one attached hydrogen (secondary N) is 1. The molecule has 1 N–H and O–H groups in total. The average Bonchev–Trinajstić information content (AvgIpc) is 2.27. The van der Waals surface area contributed by atoms with Crippen LogP contribution in [0.5, 0.6) is 0 Å². The van der Waals surface area contributed by atoms with Crippen molar-refractivity contribution in [1.82, 2.24) is 5.32 Å². The van der Waals surface area contributed by atoms with Crippen molar-refractivity contribution in [3.05, 3.63) is 12.7 Å². The monoisotopic (exact) mass is 253 g/mol. The van der Waals surface area contributed by atoms with Crippen LogP contribution in [0.1, 0.15) is 59.3 Å². The number of amides is 1. The first-order valence-electron chi connectivity index (χ1n) is 7.03. The lowest BCUT2D eigenvalue weighted by Gasteiger charge is -2.31. The van der Waals surface area contributed by atoms with Gasteiger partial charge in [-0.05, 0) is 46.0 Å². The molecule has 1 rings (SSSR count). The molecular formula is C15H27NO2. The maximum atomic E-state index is 11.8. The van der Waals surface area contributed by atoms with E-state index in [9.17, 15) is 4.79 Å². The molecule has 0 aliphatic heterocycles. The summed E-state index contributed by atoms with van der Waals surface area (Å²) in [5.41, 5.74) is -0.435. The van der Waals surface area contributed by atoms with Crippen molar-refractivity contribution in [2.45, 2.75) is 70.9 Å². The Kier molecular flexibility index (Phi) is 5.70. The van der Waals surface area contributed by atoms with Gasteiger partial charge in [-0.25, -0.2) is 4.79 Å². The van der Waals surface area contributed by atoms with Gasteiger partial charge in [-0.1, -0.05) is 25.3 Å². The number of ether oxygens (including phenoxy) is 1. The fourth-order valence-electron chi connectivity index (χ4n) is 2.54. The summed E-state index contributed by atoms with van der Waals surface area (Å²) in [7, 11) is 0. The van der Waals surface area contributed by atoms with Crippen LogP contribution in [0.25, 0.3) is 0 Å². The quantitative estimate of drug-likeness (QED) is 0.768. The number of alkyl carbamates (subject to hydrolysis) is 1. The zero-order valence-corrected chi connectivity index (χ0v) is 12.0. The molecular weight excluding hydrogens is 226 g/mol. The second kappa shape index (κ2) is 6.81. The van der Waals surface area contributed by atoms with Crippen molar-refractivity contribution in [1.29, 1.82) is 0 Å². The summed E-state index contributed by atoms with van der Waals surface area (Å²) in [6, 6.07) is 0.178. The molecule has 104 valence electrons. The third kappa shape index (κ3) is 5.56. The van der Waals surface area contributed by atoms with Crippen molar-refractivity contribution in [2.75, 3.05) is 0 Å². The van der Waals surface area contributed by atoms with Gasteiger partial charge in [0.25, 0.3) is 0 Å². The van der Waals surface area contributed by atoms with Crippen LogP contribution in [0, 0.1) is 5.92 Å². The van der Waals surface area contributed by atoms with Crippen LogP contribution in [0.2, 0.25) is 0 Å². The minimum Gasteiger partial charge on any atom is -0.444 e. The van der Waals surface area contributed by atoms with E-state index >= 15 is 0 Å². The molecule has 1 fully saturated rings. The van der Waals surface area contributed by atoms with Crippen LogP contribution in [-0.4, -0.2) is 17.7 Å². The first kappa shape index (κ1) is 15.1. The summed E-state index contributed by atoms with van der Waals surface area (Å²) >= 11 is 0. The highest BCUT2D eigenvalue weighted by atomic mass is 16.6. The molecule has 0 aromatic heterocycles. The molecule has 3 nitrogen and oxygen atoms in total. The third-order valence-corrected chi connectivity index (χ3v) is 3.34. The van der Waals surface area contributed by atoms with Crippen LogP contribution in [-0.2, 0) is 4.74 Å². The summed E-state index contributed by atoms with van der Waals surface area (Å²) in [4.78, 5) is 11.8. The van der Waals surface area contributed by atoms with Gasteiger partial charge < -0.3 is 10.1 Å². The molecule has 1 aliphatic rings. The fourth-order valence-corrected chi connectivity index (χ4v) is 2.54. The predicted molar refractivity (Wildman–Crippen MR) is 74.5 cm³/mol. The Balaban J connectivity index is 2.50. The molecule has 1 aliphatic carbocycles. The van der Waals surface area contributed by atoms with Crippen molar-refractivity contribution >= 4 is 6.09 Å². The minimum atomic E-state index is -0.435. The van der Waals surface area contributed by atoms with Gasteiger partial charge in [-0.15, -0.1) is 6.58 Å². The lowest BCUT2D eigenvalue weighted by atomic mass is 9.83. The van der Waals surface area contributed by atoms with Gasteiger partial charge in [0, 0.05) is 6.04 Å². The molecule has 0 spiro atoms. The molecule has 0 saturated heterocycles. The van der Waals surface area contributed by atoms with E-state index in [0.717, 1.165) is 6.42 Å². The highest BCUT2D eigenvalue weighted by Crippen LogP contribution is 2.28. The van der Waals surface area contributed by atoms with Gasteiger partial charge in [-0.3, -0.25) is 0 Å². The Morgan fingerprint density at radius 2 is 2.00 bits per heavy atom. The lowest BCUT2D eigenvalue weighted by molar-refractivity contribution is 0.0478. The summed E-state index contributed by atoms with van der Waals surface area (Å²) in [6.45, 7) is 9.44. The van der Waals surface area contributed by atoms with Crippen LogP contribution in [0.3, 0.4) is 0 Å². The number of hydrogen-bond acceptors (Lipinski definition) is 2. The van der Waals surface area contributed by atoms with Gasteiger partial charge in [0.2, 0.25) is 0 Å². The number of carbonyl (C=O) groups is 1. The van der Waals surface area contributed by atoms with Crippen LogP contribution in [0.4, 0.5) is 4.79 Å². The maximum absolute atomic E-state index is 11.8. The molecule has 0 aromatic rings. The summed E-state index contributed by atoms with van der Waals surface area (Å²) < 4.78 is 5.32. The number of carbonyl (C=O) groups excluding carboxylic acids is 1. The van der Waals surface area contributed by atoms with Gasteiger partial charge >= 0.3 is 6.09 Å². The van der Waals surface area contributed by atoms with Gasteiger partial charge in [0.15, 0.2) is 0 Å². The zero-order chi connectivity index (χ0) is 13.6. The first-order valence-corrected chi connectivity index (χ1v) is 7.03. The van der Waals surface area contributed by atoms with E-state index in [1.54, 1.807) is 0 Å². The standard InChI is InChI=1S/C15H27NO2/c1-5-9-13(12-10-7-6-8-11-12)16-14(17)18-15(2,3)4/h5,12-13H,1,6-11H2,2-4H3,(H,16,17). The summed E-state index contributed by atoms with van der Waals surface area (Å²) in [5, 5.41) is 3.01. The van der Waals surface area contributed by atoms with E-state index in [1.165, 1.54) is 32.1 Å². The average molecular weight is 253 g/mol. The van der Waals surface area contributed by atoms with Crippen molar-refractivity contribution in [3.8, 4) is 0 Å². The molecule has 18 heavy (non-hydrogen) atoms. The molecule has 0 heterocycles. The van der Waals surface area contributed by atoms with Crippen molar-refractivity contribution < 1.29 is 9.53 Å². The second-order valence-corrected chi connectivity index (χ2v) is 6.18. The molecule has 1 unspecified atom stereocenters. The molecule has 3 heteroatoms. The van der Waals surface area contributed by atoms with Gasteiger partial charge in [0.05, 0.1) is 0 Å². The molecule has 1 amide bonds. The smallest absolute Gasteiger partial charge is 0.407 e. The number of hydrogen-bond donors (Lipinski definition) is 1. The van der Waals surface area contributed by atoms with E-state index in [-0.39, 0.29) is 12.1 Å². The molecule has 0 radical (unpaired) electrons. The summed E-state index contributed by atoms with van der Waals surface area (Å²) in [6.07, 6.45) is 8.68. The van der Waals surface area contributed by atoms with Crippen LogP contribution >= 0.6 is 0 Å². The molecule has 0 bridgehead atoms. The Morgan fingerprint density at radius 3 is 2.50 bits per heavy atom. The van der Waals surface area contributed by atoms with Crippen LogP contribution in [0.15, 0.2) is 12.7 Å². The molecule has 0 aromatic carbocycles. The predicted octanol–water partition coefficient (Wildman–Crippen LogP) is 4.04.